The summed E-state index contributed by atoms with van der Waals surface area (Å²) >= 11 is 0. The first-order valence-corrected chi connectivity index (χ1v) is 8.78. The minimum atomic E-state index is -0.916. The minimum Gasteiger partial charge on any atom is -0.481 e. The molecular formula is C18H24N2O5. The first kappa shape index (κ1) is 17.4. The number of rotatable bonds is 6. The lowest BCUT2D eigenvalue weighted by molar-refractivity contribution is -0.136. The van der Waals surface area contributed by atoms with Gasteiger partial charge in [0.05, 0.1) is 6.42 Å². The molecule has 0 aromatic heterocycles. The first-order valence-electron chi connectivity index (χ1n) is 8.78. The Kier molecular flexibility index (Phi) is 5.63. The molecule has 0 atom stereocenters. The van der Waals surface area contributed by atoms with Crippen molar-refractivity contribution in [2.24, 2.45) is 0 Å². The molecule has 7 heteroatoms. The van der Waals surface area contributed by atoms with Crippen molar-refractivity contribution >= 4 is 12.0 Å². The zero-order valence-corrected chi connectivity index (χ0v) is 14.2. The van der Waals surface area contributed by atoms with Crippen LogP contribution in [0.5, 0.6) is 11.5 Å². The van der Waals surface area contributed by atoms with Crippen LogP contribution < -0.4 is 14.8 Å². The molecule has 1 aromatic carbocycles. The fraction of sp³-hybridized carbons (Fsp3) is 0.556. The average Bonchev–Trinajstić information content (AvgIpc) is 3.07. The van der Waals surface area contributed by atoms with E-state index >= 15 is 0 Å². The minimum absolute atomic E-state index is 0.0751. The van der Waals surface area contributed by atoms with E-state index in [2.05, 4.69) is 5.32 Å². The number of ether oxygens (including phenoxy) is 2. The molecule has 25 heavy (non-hydrogen) atoms. The van der Waals surface area contributed by atoms with Crippen molar-refractivity contribution in [1.29, 1.82) is 0 Å². The van der Waals surface area contributed by atoms with Gasteiger partial charge in [0.15, 0.2) is 11.5 Å². The first-order chi connectivity index (χ1) is 12.1. The van der Waals surface area contributed by atoms with E-state index in [1.807, 2.05) is 23.1 Å². The Labute approximate surface area is 146 Å². The van der Waals surface area contributed by atoms with Crippen molar-refractivity contribution in [2.45, 2.75) is 51.1 Å². The van der Waals surface area contributed by atoms with Gasteiger partial charge in [-0.05, 0) is 30.5 Å². The number of hydrogen-bond donors (Lipinski definition) is 2. The molecule has 136 valence electrons. The molecule has 1 heterocycles. The smallest absolute Gasteiger partial charge is 0.317 e. The SMILES string of the molecule is O=C(O)CCNC(=O)N(Cc1ccc2c(c1)OCO2)C1CCCCC1. The monoisotopic (exact) mass is 348 g/mol. The summed E-state index contributed by atoms with van der Waals surface area (Å²) in [4.78, 5) is 25.1. The molecular weight excluding hydrogens is 324 g/mol. The number of urea groups is 1. The van der Waals surface area contributed by atoms with Crippen molar-refractivity contribution in [3.8, 4) is 11.5 Å². The largest absolute Gasteiger partial charge is 0.481 e. The molecule has 1 aliphatic heterocycles. The molecule has 2 aliphatic rings. The highest BCUT2D eigenvalue weighted by molar-refractivity contribution is 5.75. The fourth-order valence-electron chi connectivity index (χ4n) is 3.37. The highest BCUT2D eigenvalue weighted by atomic mass is 16.7. The summed E-state index contributed by atoms with van der Waals surface area (Å²) in [5.74, 6) is 0.506. The van der Waals surface area contributed by atoms with Gasteiger partial charge in [-0.25, -0.2) is 4.79 Å². The Hall–Kier alpha value is -2.44. The average molecular weight is 348 g/mol. The van der Waals surface area contributed by atoms with Crippen molar-refractivity contribution in [2.75, 3.05) is 13.3 Å². The van der Waals surface area contributed by atoms with Crippen LogP contribution >= 0.6 is 0 Å². The maximum Gasteiger partial charge on any atom is 0.317 e. The van der Waals surface area contributed by atoms with Gasteiger partial charge in [0.2, 0.25) is 6.79 Å². The predicted molar refractivity (Wildman–Crippen MR) is 90.6 cm³/mol. The van der Waals surface area contributed by atoms with Gasteiger partial charge in [-0.2, -0.15) is 0 Å². The van der Waals surface area contributed by atoms with Crippen LogP contribution in [0.4, 0.5) is 4.79 Å². The van der Waals surface area contributed by atoms with Crippen LogP contribution in [0.3, 0.4) is 0 Å². The summed E-state index contributed by atoms with van der Waals surface area (Å²) in [5.41, 5.74) is 0.975. The van der Waals surface area contributed by atoms with E-state index in [0.717, 1.165) is 37.0 Å². The van der Waals surface area contributed by atoms with Gasteiger partial charge in [-0.15, -0.1) is 0 Å². The molecule has 0 saturated heterocycles. The Balaban J connectivity index is 1.69. The topological polar surface area (TPSA) is 88.1 Å². The summed E-state index contributed by atoms with van der Waals surface area (Å²) in [6.45, 7) is 0.833. The van der Waals surface area contributed by atoms with Gasteiger partial charge in [0.25, 0.3) is 0 Å². The predicted octanol–water partition coefficient (Wildman–Crippen LogP) is 2.73. The van der Waals surface area contributed by atoms with Crippen LogP contribution in [0.2, 0.25) is 0 Å². The maximum atomic E-state index is 12.6. The van der Waals surface area contributed by atoms with E-state index in [1.54, 1.807) is 0 Å². The zero-order valence-electron chi connectivity index (χ0n) is 14.2. The number of carboxylic acids is 1. The Morgan fingerprint density at radius 3 is 2.68 bits per heavy atom. The van der Waals surface area contributed by atoms with Gasteiger partial charge >= 0.3 is 12.0 Å². The highest BCUT2D eigenvalue weighted by Gasteiger charge is 2.26. The Morgan fingerprint density at radius 1 is 1.16 bits per heavy atom. The number of carbonyl (C=O) groups excluding carboxylic acids is 1. The molecule has 0 unspecified atom stereocenters. The zero-order chi connectivity index (χ0) is 17.6. The number of carbonyl (C=O) groups is 2. The maximum absolute atomic E-state index is 12.6. The molecule has 1 saturated carbocycles. The second-order valence-corrected chi connectivity index (χ2v) is 6.48. The van der Waals surface area contributed by atoms with E-state index in [1.165, 1.54) is 6.42 Å². The van der Waals surface area contributed by atoms with Crippen LogP contribution in [-0.2, 0) is 11.3 Å². The van der Waals surface area contributed by atoms with E-state index in [9.17, 15) is 9.59 Å². The quantitative estimate of drug-likeness (QED) is 0.825. The lowest BCUT2D eigenvalue weighted by Crippen LogP contribution is -2.46. The number of fused-ring (bicyclic) bond motifs is 1. The van der Waals surface area contributed by atoms with Crippen molar-refractivity contribution in [1.82, 2.24) is 10.2 Å². The van der Waals surface area contributed by atoms with Crippen LogP contribution in [-0.4, -0.2) is 41.4 Å². The van der Waals surface area contributed by atoms with Gasteiger partial charge < -0.3 is 24.8 Å². The number of aliphatic carboxylic acids is 1. The third-order valence-corrected chi connectivity index (χ3v) is 4.68. The van der Waals surface area contributed by atoms with Crippen molar-refractivity contribution in [3.63, 3.8) is 0 Å². The summed E-state index contributed by atoms with van der Waals surface area (Å²) in [6, 6.07) is 5.69. The summed E-state index contributed by atoms with van der Waals surface area (Å²) in [7, 11) is 0. The lowest BCUT2D eigenvalue weighted by atomic mass is 9.94. The number of hydrogen-bond acceptors (Lipinski definition) is 4. The van der Waals surface area contributed by atoms with Crippen LogP contribution in [0.15, 0.2) is 18.2 Å². The number of nitrogens with one attached hydrogen (secondary N) is 1. The Morgan fingerprint density at radius 2 is 1.92 bits per heavy atom. The number of nitrogens with zero attached hydrogens (tertiary/aromatic N) is 1. The summed E-state index contributed by atoms with van der Waals surface area (Å²) in [6.07, 6.45) is 5.33. The highest BCUT2D eigenvalue weighted by Crippen LogP contribution is 2.33. The molecule has 1 aromatic rings. The fourth-order valence-corrected chi connectivity index (χ4v) is 3.37. The molecule has 1 aliphatic carbocycles. The number of carboxylic acid groups (broad SMARTS) is 1. The molecule has 2 N–H and O–H groups in total. The molecule has 3 rings (SSSR count). The molecule has 7 nitrogen and oxygen atoms in total. The summed E-state index contributed by atoms with van der Waals surface area (Å²) < 4.78 is 10.7. The Bertz CT molecular complexity index is 628. The third-order valence-electron chi connectivity index (χ3n) is 4.68. The van der Waals surface area contributed by atoms with E-state index < -0.39 is 5.97 Å². The lowest BCUT2D eigenvalue weighted by Gasteiger charge is -2.34. The molecule has 1 fully saturated rings. The number of amides is 2. The van der Waals surface area contributed by atoms with Gasteiger partial charge in [-0.1, -0.05) is 25.3 Å². The second kappa shape index (κ2) is 8.09. The molecule has 0 radical (unpaired) electrons. The molecule has 0 spiro atoms. The van der Waals surface area contributed by atoms with Crippen LogP contribution in [0.25, 0.3) is 0 Å². The molecule has 2 amide bonds. The normalized spacial score (nSPS) is 16.5. The standard InChI is InChI=1S/C18H24N2O5/c21-17(22)8-9-19-18(23)20(14-4-2-1-3-5-14)11-13-6-7-15-16(10-13)25-12-24-15/h6-7,10,14H,1-5,8-9,11-12H2,(H,19,23)(H,21,22). The van der Waals surface area contributed by atoms with E-state index in [-0.39, 0.29) is 31.8 Å². The van der Waals surface area contributed by atoms with Crippen molar-refractivity contribution < 1.29 is 24.2 Å². The molecule has 0 bridgehead atoms. The second-order valence-electron chi connectivity index (χ2n) is 6.48. The summed E-state index contributed by atoms with van der Waals surface area (Å²) in [5, 5.41) is 11.5. The van der Waals surface area contributed by atoms with Crippen LogP contribution in [0, 0.1) is 0 Å². The van der Waals surface area contributed by atoms with Gasteiger partial charge in [0.1, 0.15) is 0 Å². The van der Waals surface area contributed by atoms with Crippen molar-refractivity contribution in [3.05, 3.63) is 23.8 Å². The number of benzene rings is 1. The third kappa shape index (κ3) is 4.55. The van der Waals surface area contributed by atoms with Crippen LogP contribution in [0.1, 0.15) is 44.1 Å². The van der Waals surface area contributed by atoms with E-state index in [4.69, 9.17) is 14.6 Å². The van der Waals surface area contributed by atoms with E-state index in [0.29, 0.717) is 12.3 Å². The van der Waals surface area contributed by atoms with Gasteiger partial charge in [-0.3, -0.25) is 4.79 Å². The van der Waals surface area contributed by atoms with Gasteiger partial charge in [0, 0.05) is 19.1 Å².